The van der Waals surface area contributed by atoms with E-state index in [2.05, 4.69) is 10.6 Å². The van der Waals surface area contributed by atoms with E-state index >= 15 is 0 Å². The Hall–Kier alpha value is -2.90. The fraction of sp³-hybridized carbons (Fsp3) is 0.238. The molecule has 7 nitrogen and oxygen atoms in total. The fourth-order valence-electron chi connectivity index (χ4n) is 3.09. The van der Waals surface area contributed by atoms with Crippen molar-refractivity contribution in [2.24, 2.45) is 0 Å². The van der Waals surface area contributed by atoms with Gasteiger partial charge in [0.2, 0.25) is 0 Å². The molecule has 30 heavy (non-hydrogen) atoms. The predicted octanol–water partition coefficient (Wildman–Crippen LogP) is 3.16. The van der Waals surface area contributed by atoms with E-state index in [1.165, 1.54) is 35.2 Å². The van der Waals surface area contributed by atoms with E-state index in [1.807, 2.05) is 0 Å². The van der Waals surface area contributed by atoms with Gasteiger partial charge >= 0.3 is 0 Å². The molecule has 0 fully saturated rings. The number of rotatable bonds is 6. The SMILES string of the molecule is CC(C)N1C(=O)c2ccc(C(=O)NCCNC(=O)c3ccc(Cl)cc3Cl)cc2C1=O. The van der Waals surface area contributed by atoms with Gasteiger partial charge in [0.1, 0.15) is 0 Å². The maximum atomic E-state index is 12.4. The monoisotopic (exact) mass is 447 g/mol. The number of nitrogens with zero attached hydrogens (tertiary/aromatic N) is 1. The molecule has 3 rings (SSSR count). The Morgan fingerprint density at radius 1 is 0.900 bits per heavy atom. The van der Waals surface area contributed by atoms with Crippen LogP contribution in [0.2, 0.25) is 10.0 Å². The minimum Gasteiger partial charge on any atom is -0.350 e. The van der Waals surface area contributed by atoms with Gasteiger partial charge in [-0.25, -0.2) is 0 Å². The van der Waals surface area contributed by atoms with Crippen molar-refractivity contribution >= 4 is 46.8 Å². The number of hydrogen-bond donors (Lipinski definition) is 2. The standard InChI is InChI=1S/C21H19Cl2N3O4/c1-11(2)26-20(29)14-5-3-12(9-16(14)21(26)30)18(27)24-7-8-25-19(28)15-6-4-13(22)10-17(15)23/h3-6,9-11H,7-8H2,1-2H3,(H,24,27)(H,25,28). The summed E-state index contributed by atoms with van der Waals surface area (Å²) in [4.78, 5) is 50.5. The van der Waals surface area contributed by atoms with Gasteiger partial charge in [-0.15, -0.1) is 0 Å². The highest BCUT2D eigenvalue weighted by molar-refractivity contribution is 6.36. The Morgan fingerprint density at radius 3 is 2.17 bits per heavy atom. The second-order valence-corrected chi connectivity index (χ2v) is 7.81. The molecule has 0 spiro atoms. The van der Waals surface area contributed by atoms with Crippen molar-refractivity contribution in [3.05, 3.63) is 68.7 Å². The number of hydrogen-bond acceptors (Lipinski definition) is 4. The van der Waals surface area contributed by atoms with Gasteiger partial charge in [0.25, 0.3) is 23.6 Å². The third-order valence-corrected chi connectivity index (χ3v) is 5.12. The summed E-state index contributed by atoms with van der Waals surface area (Å²) in [6.45, 7) is 3.84. The number of nitrogens with one attached hydrogen (secondary N) is 2. The number of amides is 4. The van der Waals surface area contributed by atoms with Crippen LogP contribution in [0.4, 0.5) is 0 Å². The van der Waals surface area contributed by atoms with Gasteiger partial charge in [-0.1, -0.05) is 23.2 Å². The van der Waals surface area contributed by atoms with Crippen LogP contribution in [-0.4, -0.2) is 47.7 Å². The lowest BCUT2D eigenvalue weighted by molar-refractivity contribution is 0.0608. The Kier molecular flexibility index (Phi) is 6.43. The minimum absolute atomic E-state index is 0.165. The largest absolute Gasteiger partial charge is 0.350 e. The maximum absolute atomic E-state index is 12.4. The zero-order valence-corrected chi connectivity index (χ0v) is 17.8. The summed E-state index contributed by atoms with van der Waals surface area (Å²) >= 11 is 11.8. The smallest absolute Gasteiger partial charge is 0.261 e. The molecule has 0 saturated carbocycles. The minimum atomic E-state index is -0.417. The molecule has 0 unspecified atom stereocenters. The fourth-order valence-corrected chi connectivity index (χ4v) is 3.59. The molecule has 0 radical (unpaired) electrons. The molecule has 1 heterocycles. The van der Waals surface area contributed by atoms with E-state index in [0.29, 0.717) is 5.02 Å². The molecule has 156 valence electrons. The Labute approximate surface area is 183 Å². The number of carbonyl (C=O) groups excluding carboxylic acids is 4. The maximum Gasteiger partial charge on any atom is 0.261 e. The Balaban J connectivity index is 1.57. The lowest BCUT2D eigenvalue weighted by Gasteiger charge is -2.17. The molecular weight excluding hydrogens is 429 g/mol. The molecule has 0 aromatic heterocycles. The molecule has 4 amide bonds. The van der Waals surface area contributed by atoms with Gasteiger partial charge in [-0.3, -0.25) is 24.1 Å². The molecule has 0 saturated heterocycles. The van der Waals surface area contributed by atoms with Crippen LogP contribution in [0.1, 0.15) is 55.3 Å². The molecule has 9 heteroatoms. The van der Waals surface area contributed by atoms with Crippen LogP contribution in [-0.2, 0) is 0 Å². The highest BCUT2D eigenvalue weighted by Gasteiger charge is 2.37. The topological polar surface area (TPSA) is 95.6 Å². The first-order chi connectivity index (χ1) is 14.2. The molecule has 1 aliphatic rings. The molecule has 2 aromatic rings. The van der Waals surface area contributed by atoms with Gasteiger partial charge < -0.3 is 10.6 Å². The summed E-state index contributed by atoms with van der Waals surface area (Å²) in [7, 11) is 0. The molecule has 0 aliphatic carbocycles. The van der Waals surface area contributed by atoms with E-state index in [0.717, 1.165) is 0 Å². The van der Waals surface area contributed by atoms with E-state index in [1.54, 1.807) is 19.9 Å². The number of imide groups is 1. The number of halogens is 2. The first kappa shape index (κ1) is 21.8. The zero-order valence-electron chi connectivity index (χ0n) is 16.3. The normalized spacial score (nSPS) is 12.9. The van der Waals surface area contributed by atoms with Crippen LogP contribution in [0, 0.1) is 0 Å². The molecule has 0 atom stereocenters. The summed E-state index contributed by atoms with van der Waals surface area (Å²) in [6.07, 6.45) is 0. The lowest BCUT2D eigenvalue weighted by Crippen LogP contribution is -2.36. The lowest BCUT2D eigenvalue weighted by atomic mass is 10.1. The van der Waals surface area contributed by atoms with Crippen LogP contribution in [0.15, 0.2) is 36.4 Å². The van der Waals surface area contributed by atoms with Crippen LogP contribution in [0.5, 0.6) is 0 Å². The van der Waals surface area contributed by atoms with Crippen LogP contribution >= 0.6 is 23.2 Å². The average Bonchev–Trinajstić information content (AvgIpc) is 2.94. The molecule has 1 aliphatic heterocycles. The van der Waals surface area contributed by atoms with Gasteiger partial charge in [0.05, 0.1) is 21.7 Å². The first-order valence-electron chi connectivity index (χ1n) is 9.24. The predicted molar refractivity (Wildman–Crippen MR) is 113 cm³/mol. The van der Waals surface area contributed by atoms with Crippen molar-refractivity contribution in [3.8, 4) is 0 Å². The first-order valence-corrected chi connectivity index (χ1v) is 9.99. The number of carbonyl (C=O) groups is 4. The molecule has 0 bridgehead atoms. The van der Waals surface area contributed by atoms with Crippen molar-refractivity contribution in [3.63, 3.8) is 0 Å². The molecule has 2 aromatic carbocycles. The second-order valence-electron chi connectivity index (χ2n) is 6.97. The van der Waals surface area contributed by atoms with Crippen molar-refractivity contribution in [1.82, 2.24) is 15.5 Å². The average molecular weight is 448 g/mol. The van der Waals surface area contributed by atoms with Crippen LogP contribution < -0.4 is 10.6 Å². The second kappa shape index (κ2) is 8.85. The highest BCUT2D eigenvalue weighted by atomic mass is 35.5. The van der Waals surface area contributed by atoms with E-state index < -0.39 is 11.8 Å². The number of fused-ring (bicyclic) bond motifs is 1. The molecular formula is C21H19Cl2N3O4. The van der Waals surface area contributed by atoms with Gasteiger partial charge in [-0.05, 0) is 50.2 Å². The quantitative estimate of drug-likeness (QED) is 0.524. The van der Waals surface area contributed by atoms with E-state index in [4.69, 9.17) is 23.2 Å². The summed E-state index contributed by atoms with van der Waals surface area (Å²) < 4.78 is 0. The Bertz CT molecular complexity index is 1050. The van der Waals surface area contributed by atoms with Crippen molar-refractivity contribution < 1.29 is 19.2 Å². The Morgan fingerprint density at radius 2 is 1.53 bits per heavy atom. The summed E-state index contributed by atoms with van der Waals surface area (Å²) in [5, 5.41) is 5.97. The summed E-state index contributed by atoms with van der Waals surface area (Å²) in [6, 6.07) is 8.67. The van der Waals surface area contributed by atoms with Crippen LogP contribution in [0.3, 0.4) is 0 Å². The summed E-state index contributed by atoms with van der Waals surface area (Å²) in [5.41, 5.74) is 1.04. The summed E-state index contributed by atoms with van der Waals surface area (Å²) in [5.74, 6) is -1.58. The molecule has 2 N–H and O–H groups in total. The van der Waals surface area contributed by atoms with Gasteiger partial charge in [0.15, 0.2) is 0 Å². The zero-order chi connectivity index (χ0) is 22.0. The van der Waals surface area contributed by atoms with Crippen molar-refractivity contribution in [2.45, 2.75) is 19.9 Å². The highest BCUT2D eigenvalue weighted by Crippen LogP contribution is 2.25. The van der Waals surface area contributed by atoms with E-state index in [9.17, 15) is 19.2 Å². The third kappa shape index (κ3) is 4.32. The third-order valence-electron chi connectivity index (χ3n) is 4.57. The van der Waals surface area contributed by atoms with Crippen molar-refractivity contribution in [2.75, 3.05) is 13.1 Å². The van der Waals surface area contributed by atoms with E-state index in [-0.39, 0.29) is 58.2 Å². The van der Waals surface area contributed by atoms with Gasteiger partial charge in [0, 0.05) is 29.7 Å². The van der Waals surface area contributed by atoms with Crippen molar-refractivity contribution in [1.29, 1.82) is 0 Å². The number of benzene rings is 2. The van der Waals surface area contributed by atoms with Crippen LogP contribution in [0.25, 0.3) is 0 Å². The van der Waals surface area contributed by atoms with Gasteiger partial charge in [-0.2, -0.15) is 0 Å².